The Morgan fingerprint density at radius 2 is 1.93 bits per heavy atom. The number of carbonyl (C=O) groups excluding carboxylic acids is 1. The zero-order valence-electron chi connectivity index (χ0n) is 8.73. The minimum absolute atomic E-state index is 0.0654. The van der Waals surface area contributed by atoms with Gasteiger partial charge in [0.05, 0.1) is 0 Å². The van der Waals surface area contributed by atoms with Crippen molar-refractivity contribution in [2.75, 3.05) is 0 Å². The first-order valence-electron chi connectivity index (χ1n) is 5.55. The second-order valence-electron chi connectivity index (χ2n) is 4.31. The summed E-state index contributed by atoms with van der Waals surface area (Å²) in [7, 11) is 0. The topological polar surface area (TPSA) is 17.1 Å². The fourth-order valence-electron chi connectivity index (χ4n) is 2.44. The van der Waals surface area contributed by atoms with Crippen molar-refractivity contribution in [1.29, 1.82) is 0 Å². The third kappa shape index (κ3) is 2.63. The highest BCUT2D eigenvalue weighted by atomic mass is 32.1. The lowest BCUT2D eigenvalue weighted by Gasteiger charge is -2.27. The third-order valence-electron chi connectivity index (χ3n) is 3.29. The zero-order valence-corrected chi connectivity index (χ0v) is 9.62. The number of carbonyl (C=O) groups is 1. The van der Waals surface area contributed by atoms with Crippen LogP contribution in [0.15, 0.2) is 30.3 Å². The summed E-state index contributed by atoms with van der Waals surface area (Å²) in [4.78, 5) is 11.2. The lowest BCUT2D eigenvalue weighted by molar-refractivity contribution is -0.115. The van der Waals surface area contributed by atoms with Crippen LogP contribution in [-0.4, -0.2) is 5.12 Å². The Bertz CT molecular complexity index is 334. The number of rotatable bonds is 2. The molecular formula is C13H16OS. The molecule has 0 aromatic heterocycles. The molecule has 1 aromatic rings. The van der Waals surface area contributed by atoms with Crippen molar-refractivity contribution in [3.8, 4) is 0 Å². The Morgan fingerprint density at radius 3 is 2.60 bits per heavy atom. The summed E-state index contributed by atoms with van der Waals surface area (Å²) in [5.41, 5.74) is 1.37. The van der Waals surface area contributed by atoms with E-state index in [9.17, 15) is 4.79 Å². The van der Waals surface area contributed by atoms with E-state index < -0.39 is 0 Å². The number of hydrogen-bond acceptors (Lipinski definition) is 1. The van der Waals surface area contributed by atoms with Crippen molar-refractivity contribution in [2.45, 2.75) is 31.6 Å². The number of hydrogen-bond donors (Lipinski definition) is 1. The van der Waals surface area contributed by atoms with Crippen LogP contribution in [0, 0.1) is 5.92 Å². The Hall–Kier alpha value is -0.760. The molecule has 1 nitrogen and oxygen atoms in total. The van der Waals surface area contributed by atoms with Crippen LogP contribution in [0.25, 0.3) is 0 Å². The molecule has 1 fully saturated rings. The molecule has 1 aromatic carbocycles. The highest BCUT2D eigenvalue weighted by molar-refractivity contribution is 7.96. The van der Waals surface area contributed by atoms with Crippen LogP contribution in [0.1, 0.15) is 37.2 Å². The van der Waals surface area contributed by atoms with Crippen molar-refractivity contribution in [1.82, 2.24) is 0 Å². The standard InChI is InChI=1S/C13H16OS/c14-13(15)12-8-4-7-11(9-12)10-5-2-1-3-6-10/h1-3,5-6,11-12H,4,7-9H2,(H,14,15). The molecule has 2 unspecified atom stereocenters. The minimum Gasteiger partial charge on any atom is -0.287 e. The lowest BCUT2D eigenvalue weighted by Crippen LogP contribution is -2.18. The van der Waals surface area contributed by atoms with Gasteiger partial charge in [0.2, 0.25) is 0 Å². The average molecular weight is 220 g/mol. The molecule has 0 saturated heterocycles. The maximum atomic E-state index is 11.2. The second kappa shape index (κ2) is 4.84. The first-order chi connectivity index (χ1) is 7.27. The highest BCUT2D eigenvalue weighted by Gasteiger charge is 2.26. The largest absolute Gasteiger partial charge is 0.287 e. The molecule has 1 saturated carbocycles. The first-order valence-corrected chi connectivity index (χ1v) is 6.00. The molecule has 2 heteroatoms. The molecule has 2 rings (SSSR count). The van der Waals surface area contributed by atoms with E-state index >= 15 is 0 Å². The van der Waals surface area contributed by atoms with Gasteiger partial charge in [-0.25, -0.2) is 0 Å². The van der Waals surface area contributed by atoms with Gasteiger partial charge in [-0.3, -0.25) is 4.79 Å². The van der Waals surface area contributed by atoms with Crippen molar-refractivity contribution in [3.63, 3.8) is 0 Å². The molecule has 0 heterocycles. The number of thiol groups is 1. The molecule has 15 heavy (non-hydrogen) atoms. The maximum absolute atomic E-state index is 11.2. The Balaban J connectivity index is 2.08. The van der Waals surface area contributed by atoms with Gasteiger partial charge in [-0.2, -0.15) is 0 Å². The Kier molecular flexibility index (Phi) is 3.47. The highest BCUT2D eigenvalue weighted by Crippen LogP contribution is 2.36. The van der Waals surface area contributed by atoms with E-state index in [0.29, 0.717) is 5.92 Å². The van der Waals surface area contributed by atoms with Crippen LogP contribution < -0.4 is 0 Å². The number of benzene rings is 1. The van der Waals surface area contributed by atoms with Crippen molar-refractivity contribution < 1.29 is 4.79 Å². The van der Waals surface area contributed by atoms with Crippen molar-refractivity contribution in [2.24, 2.45) is 5.92 Å². The maximum Gasteiger partial charge on any atom is 0.189 e. The molecule has 0 aliphatic heterocycles. The monoisotopic (exact) mass is 220 g/mol. The predicted molar refractivity (Wildman–Crippen MR) is 65.1 cm³/mol. The molecule has 0 amide bonds. The fraction of sp³-hybridized carbons (Fsp3) is 0.462. The minimum atomic E-state index is 0.0654. The SMILES string of the molecule is O=C(S)C1CCCC(c2ccccc2)C1. The Morgan fingerprint density at radius 1 is 1.20 bits per heavy atom. The molecular weight excluding hydrogens is 204 g/mol. The second-order valence-corrected chi connectivity index (χ2v) is 4.75. The van der Waals surface area contributed by atoms with Gasteiger partial charge >= 0.3 is 0 Å². The summed E-state index contributed by atoms with van der Waals surface area (Å²) in [5, 5.41) is 0.0654. The van der Waals surface area contributed by atoms with Gasteiger partial charge in [-0.05, 0) is 30.7 Å². The van der Waals surface area contributed by atoms with Crippen LogP contribution in [0.2, 0.25) is 0 Å². The van der Waals surface area contributed by atoms with E-state index in [0.717, 1.165) is 19.3 Å². The zero-order chi connectivity index (χ0) is 10.7. The van der Waals surface area contributed by atoms with Gasteiger partial charge in [0.1, 0.15) is 0 Å². The summed E-state index contributed by atoms with van der Waals surface area (Å²) >= 11 is 3.96. The molecule has 2 atom stereocenters. The van der Waals surface area contributed by atoms with E-state index in [1.807, 2.05) is 6.07 Å². The van der Waals surface area contributed by atoms with E-state index in [1.54, 1.807) is 0 Å². The van der Waals surface area contributed by atoms with Gasteiger partial charge in [0.25, 0.3) is 0 Å². The van der Waals surface area contributed by atoms with Gasteiger partial charge < -0.3 is 0 Å². The van der Waals surface area contributed by atoms with Crippen LogP contribution >= 0.6 is 12.6 Å². The summed E-state index contributed by atoms with van der Waals surface area (Å²) in [6.07, 6.45) is 4.36. The van der Waals surface area contributed by atoms with Gasteiger partial charge in [0, 0.05) is 5.92 Å². The molecule has 0 spiro atoms. The molecule has 80 valence electrons. The van der Waals surface area contributed by atoms with E-state index in [4.69, 9.17) is 0 Å². The predicted octanol–water partition coefficient (Wildman–Crippen LogP) is 3.42. The van der Waals surface area contributed by atoms with Crippen LogP contribution in [0.5, 0.6) is 0 Å². The lowest BCUT2D eigenvalue weighted by atomic mass is 9.78. The average Bonchev–Trinajstić information content (AvgIpc) is 2.30. The quantitative estimate of drug-likeness (QED) is 0.756. The summed E-state index contributed by atoms with van der Waals surface area (Å²) in [6, 6.07) is 10.5. The molecule has 1 aliphatic rings. The Labute approximate surface area is 96.3 Å². The molecule has 1 aliphatic carbocycles. The summed E-state index contributed by atoms with van der Waals surface area (Å²) in [6.45, 7) is 0. The van der Waals surface area contributed by atoms with E-state index in [-0.39, 0.29) is 11.0 Å². The van der Waals surface area contributed by atoms with E-state index in [1.165, 1.54) is 12.0 Å². The van der Waals surface area contributed by atoms with Crippen molar-refractivity contribution >= 4 is 17.7 Å². The molecule has 0 bridgehead atoms. The summed E-state index contributed by atoms with van der Waals surface area (Å²) < 4.78 is 0. The van der Waals surface area contributed by atoms with E-state index in [2.05, 4.69) is 36.9 Å². The third-order valence-corrected chi connectivity index (χ3v) is 3.66. The van der Waals surface area contributed by atoms with Gasteiger partial charge in [0.15, 0.2) is 5.12 Å². The van der Waals surface area contributed by atoms with Crippen LogP contribution in [0.3, 0.4) is 0 Å². The normalized spacial score (nSPS) is 26.2. The first kappa shape index (κ1) is 10.7. The van der Waals surface area contributed by atoms with Crippen molar-refractivity contribution in [3.05, 3.63) is 35.9 Å². The summed E-state index contributed by atoms with van der Waals surface area (Å²) in [5.74, 6) is 0.730. The van der Waals surface area contributed by atoms with Gasteiger partial charge in [-0.1, -0.05) is 36.8 Å². The van der Waals surface area contributed by atoms with Gasteiger partial charge in [-0.15, -0.1) is 12.6 Å². The van der Waals surface area contributed by atoms with Crippen LogP contribution in [-0.2, 0) is 4.79 Å². The fourth-order valence-corrected chi connectivity index (χ4v) is 2.68. The molecule has 0 N–H and O–H groups in total. The van der Waals surface area contributed by atoms with Crippen LogP contribution in [0.4, 0.5) is 0 Å². The molecule has 0 radical (unpaired) electrons. The smallest absolute Gasteiger partial charge is 0.189 e.